The molecule has 3 aromatic rings. The summed E-state index contributed by atoms with van der Waals surface area (Å²) in [7, 11) is 1.53. The Balaban J connectivity index is 1.60. The molecule has 2 amide bonds. The van der Waals surface area contributed by atoms with Gasteiger partial charge in [0.1, 0.15) is 6.61 Å². The van der Waals surface area contributed by atoms with Crippen molar-refractivity contribution in [3.63, 3.8) is 0 Å². The minimum absolute atomic E-state index is 0.0101. The fourth-order valence-corrected chi connectivity index (χ4v) is 4.27. The van der Waals surface area contributed by atoms with Gasteiger partial charge in [-0.3, -0.25) is 10.1 Å². The van der Waals surface area contributed by atoms with Crippen molar-refractivity contribution in [2.75, 3.05) is 36.7 Å². The van der Waals surface area contributed by atoms with Crippen LogP contribution in [0.15, 0.2) is 78.9 Å². The molecule has 0 fully saturated rings. The molecule has 0 saturated carbocycles. The van der Waals surface area contributed by atoms with Gasteiger partial charge in [0.15, 0.2) is 0 Å². The Morgan fingerprint density at radius 1 is 0.879 bits per heavy atom. The summed E-state index contributed by atoms with van der Waals surface area (Å²) in [6, 6.07) is 24.6. The summed E-state index contributed by atoms with van der Waals surface area (Å²) >= 11 is 7.58. The summed E-state index contributed by atoms with van der Waals surface area (Å²) in [5.41, 5.74) is 3.28. The first-order chi connectivity index (χ1) is 16.0. The lowest BCUT2D eigenvalue weighted by Gasteiger charge is -2.18. The van der Waals surface area contributed by atoms with Gasteiger partial charge < -0.3 is 14.8 Å². The molecular formula is C25H25ClN2O4S. The first-order valence-corrected chi connectivity index (χ1v) is 11.7. The Morgan fingerprint density at radius 3 is 2.24 bits per heavy atom. The van der Waals surface area contributed by atoms with Crippen LogP contribution in [0, 0.1) is 0 Å². The van der Waals surface area contributed by atoms with Crippen molar-refractivity contribution in [1.29, 1.82) is 0 Å². The number of methoxy groups -OCH3 is 1. The number of ether oxygens (including phenoxy) is 2. The maximum Gasteiger partial charge on any atom is 0.411 e. The van der Waals surface area contributed by atoms with E-state index in [0.717, 1.165) is 11.1 Å². The van der Waals surface area contributed by atoms with Crippen LogP contribution in [0.3, 0.4) is 0 Å². The van der Waals surface area contributed by atoms with Gasteiger partial charge in [-0.1, -0.05) is 60.1 Å². The van der Waals surface area contributed by atoms with Crippen LogP contribution in [-0.4, -0.2) is 38.1 Å². The van der Waals surface area contributed by atoms with E-state index >= 15 is 0 Å². The van der Waals surface area contributed by atoms with Gasteiger partial charge in [-0.25, -0.2) is 4.79 Å². The number of halogens is 1. The molecule has 172 valence electrons. The van der Waals surface area contributed by atoms with Crippen molar-refractivity contribution in [1.82, 2.24) is 0 Å². The van der Waals surface area contributed by atoms with E-state index in [4.69, 9.17) is 21.1 Å². The van der Waals surface area contributed by atoms with Crippen LogP contribution in [0.5, 0.6) is 0 Å². The quantitative estimate of drug-likeness (QED) is 0.345. The minimum Gasteiger partial charge on any atom is -0.447 e. The molecule has 0 radical (unpaired) electrons. The number of carbonyl (C=O) groups excluding carboxylic acids is 2. The van der Waals surface area contributed by atoms with Crippen molar-refractivity contribution in [2.24, 2.45) is 0 Å². The summed E-state index contributed by atoms with van der Waals surface area (Å²) in [6.45, 7) is 0.480. The molecule has 0 bridgehead atoms. The van der Waals surface area contributed by atoms with E-state index in [0.29, 0.717) is 23.0 Å². The van der Waals surface area contributed by atoms with Gasteiger partial charge in [0.05, 0.1) is 17.6 Å². The number of benzene rings is 3. The number of anilines is 2. The summed E-state index contributed by atoms with van der Waals surface area (Å²) in [5.74, 6) is 0.105. The van der Waals surface area contributed by atoms with E-state index in [9.17, 15) is 9.59 Å². The van der Waals surface area contributed by atoms with Gasteiger partial charge in [0.25, 0.3) is 0 Å². The number of hydrogen-bond donors (Lipinski definition) is 2. The fourth-order valence-electron chi connectivity index (χ4n) is 3.05. The molecule has 0 heterocycles. The number of carbonyl (C=O) groups is 2. The minimum atomic E-state index is -0.584. The van der Waals surface area contributed by atoms with Crippen LogP contribution in [0.1, 0.15) is 16.4 Å². The van der Waals surface area contributed by atoms with Gasteiger partial charge in [-0.2, -0.15) is 0 Å². The number of amides is 2. The van der Waals surface area contributed by atoms with Crippen LogP contribution in [0.2, 0.25) is 5.02 Å². The lowest BCUT2D eigenvalue weighted by molar-refractivity contribution is -0.113. The predicted octanol–water partition coefficient (Wildman–Crippen LogP) is 6.00. The zero-order chi connectivity index (χ0) is 23.5. The van der Waals surface area contributed by atoms with Crippen LogP contribution < -0.4 is 10.6 Å². The maximum atomic E-state index is 12.7. The SMILES string of the molecule is COCCOC(=O)Nc1cccc(NC(=O)CSC(c2ccccc2)c2ccc(Cl)cc2)c1. The second-order valence-electron chi connectivity index (χ2n) is 7.04. The molecule has 1 unspecified atom stereocenters. The van der Waals surface area contributed by atoms with Gasteiger partial charge in [-0.05, 0) is 41.5 Å². The summed E-state index contributed by atoms with van der Waals surface area (Å²) in [5, 5.41) is 6.17. The topological polar surface area (TPSA) is 76.7 Å². The summed E-state index contributed by atoms with van der Waals surface area (Å²) < 4.78 is 9.84. The normalized spacial score (nSPS) is 11.5. The van der Waals surface area contributed by atoms with Crippen molar-refractivity contribution in [3.8, 4) is 0 Å². The first kappa shape index (κ1) is 24.6. The van der Waals surface area contributed by atoms with Crippen molar-refractivity contribution < 1.29 is 19.1 Å². The van der Waals surface area contributed by atoms with Gasteiger partial charge in [-0.15, -0.1) is 11.8 Å². The van der Waals surface area contributed by atoms with Crippen molar-refractivity contribution >= 4 is 46.7 Å². The molecule has 1 atom stereocenters. The van der Waals surface area contributed by atoms with E-state index in [1.807, 2.05) is 54.6 Å². The predicted molar refractivity (Wildman–Crippen MR) is 134 cm³/mol. The Bertz CT molecular complexity index is 1050. The molecule has 33 heavy (non-hydrogen) atoms. The molecule has 0 spiro atoms. The third-order valence-corrected chi connectivity index (χ3v) is 6.13. The van der Waals surface area contributed by atoms with E-state index in [1.165, 1.54) is 18.9 Å². The van der Waals surface area contributed by atoms with Crippen LogP contribution in [0.4, 0.5) is 16.2 Å². The van der Waals surface area contributed by atoms with Crippen molar-refractivity contribution in [2.45, 2.75) is 5.25 Å². The molecule has 8 heteroatoms. The number of nitrogens with one attached hydrogen (secondary N) is 2. The zero-order valence-electron chi connectivity index (χ0n) is 18.1. The molecular weight excluding hydrogens is 460 g/mol. The number of thioether (sulfide) groups is 1. The standard InChI is InChI=1S/C25H25ClN2O4S/c1-31-14-15-32-25(30)28-22-9-5-8-21(16-22)27-23(29)17-33-24(18-6-3-2-4-7-18)19-10-12-20(26)13-11-19/h2-13,16,24H,14-15,17H2,1H3,(H,27,29)(H,28,30). The highest BCUT2D eigenvalue weighted by atomic mass is 35.5. The van der Waals surface area contributed by atoms with Crippen LogP contribution in [0.25, 0.3) is 0 Å². The lowest BCUT2D eigenvalue weighted by atomic mass is 10.0. The molecule has 0 aliphatic carbocycles. The summed E-state index contributed by atoms with van der Waals surface area (Å²) in [6.07, 6.45) is -0.584. The highest BCUT2D eigenvalue weighted by Crippen LogP contribution is 2.36. The van der Waals surface area contributed by atoms with E-state index in [1.54, 1.807) is 24.3 Å². The molecule has 0 aromatic heterocycles. The van der Waals surface area contributed by atoms with E-state index in [-0.39, 0.29) is 23.5 Å². The molecule has 6 nitrogen and oxygen atoms in total. The van der Waals surface area contributed by atoms with E-state index in [2.05, 4.69) is 10.6 Å². The number of rotatable bonds is 10. The molecule has 0 aliphatic heterocycles. The highest BCUT2D eigenvalue weighted by Gasteiger charge is 2.17. The second-order valence-corrected chi connectivity index (χ2v) is 8.57. The first-order valence-electron chi connectivity index (χ1n) is 10.3. The van der Waals surface area contributed by atoms with Crippen molar-refractivity contribution in [3.05, 3.63) is 95.0 Å². The summed E-state index contributed by atoms with van der Waals surface area (Å²) in [4.78, 5) is 24.5. The Morgan fingerprint density at radius 2 is 1.55 bits per heavy atom. The largest absolute Gasteiger partial charge is 0.447 e. The lowest BCUT2D eigenvalue weighted by Crippen LogP contribution is -2.17. The Labute approximate surface area is 202 Å². The molecule has 2 N–H and O–H groups in total. The van der Waals surface area contributed by atoms with Gasteiger partial charge in [0.2, 0.25) is 5.91 Å². The Hall–Kier alpha value is -3.00. The molecule has 3 aromatic carbocycles. The molecule has 0 aliphatic rings. The Kier molecular flexibility index (Phi) is 9.62. The molecule has 3 rings (SSSR count). The highest BCUT2D eigenvalue weighted by molar-refractivity contribution is 8.00. The van der Waals surface area contributed by atoms with Gasteiger partial charge in [0, 0.05) is 23.5 Å². The van der Waals surface area contributed by atoms with E-state index < -0.39 is 6.09 Å². The van der Waals surface area contributed by atoms with Gasteiger partial charge >= 0.3 is 6.09 Å². The van der Waals surface area contributed by atoms with Crippen LogP contribution >= 0.6 is 23.4 Å². The maximum absolute atomic E-state index is 12.7. The zero-order valence-corrected chi connectivity index (χ0v) is 19.7. The average molecular weight is 485 g/mol. The fraction of sp³-hybridized carbons (Fsp3) is 0.200. The van der Waals surface area contributed by atoms with Crippen LogP contribution in [-0.2, 0) is 14.3 Å². The smallest absolute Gasteiger partial charge is 0.411 e. The number of hydrogen-bond acceptors (Lipinski definition) is 5. The third-order valence-electron chi connectivity index (χ3n) is 4.57. The average Bonchev–Trinajstić information content (AvgIpc) is 2.81. The monoisotopic (exact) mass is 484 g/mol. The third kappa shape index (κ3) is 8.13. The second kappa shape index (κ2) is 12.9. The molecule has 0 saturated heterocycles.